The summed E-state index contributed by atoms with van der Waals surface area (Å²) in [6, 6.07) is 9.13. The summed E-state index contributed by atoms with van der Waals surface area (Å²) in [4.78, 5) is 32.5. The summed E-state index contributed by atoms with van der Waals surface area (Å²) in [5.41, 5.74) is 3.84. The zero-order valence-corrected chi connectivity index (χ0v) is 15.9. The van der Waals surface area contributed by atoms with Gasteiger partial charge in [-0.3, -0.25) is 9.78 Å². The fourth-order valence-corrected chi connectivity index (χ4v) is 2.94. The van der Waals surface area contributed by atoms with E-state index in [1.54, 1.807) is 25.1 Å². The Balaban J connectivity index is 1.75. The Morgan fingerprint density at radius 2 is 1.78 bits per heavy atom. The van der Waals surface area contributed by atoms with Gasteiger partial charge in [0.25, 0.3) is 0 Å². The van der Waals surface area contributed by atoms with Gasteiger partial charge >= 0.3 is 5.97 Å². The summed E-state index contributed by atoms with van der Waals surface area (Å²) >= 11 is 5.94. The number of rotatable bonds is 5. The number of carbonyl (C=O) groups is 2. The van der Waals surface area contributed by atoms with E-state index in [1.807, 2.05) is 30.5 Å². The van der Waals surface area contributed by atoms with Crippen molar-refractivity contribution >= 4 is 23.4 Å². The van der Waals surface area contributed by atoms with Gasteiger partial charge in [-0.1, -0.05) is 11.6 Å². The Kier molecular flexibility index (Phi) is 5.37. The average Bonchev–Trinajstić information content (AvgIpc) is 2.95. The zero-order chi connectivity index (χ0) is 19.6. The van der Waals surface area contributed by atoms with E-state index in [0.717, 1.165) is 17.1 Å². The first-order valence-electron chi connectivity index (χ1n) is 8.30. The molecule has 3 aromatic rings. The number of carbonyl (C=O) groups excluding carboxylic acids is 2. The van der Waals surface area contributed by atoms with Gasteiger partial charge in [0.15, 0.2) is 12.3 Å². The van der Waals surface area contributed by atoms with Crippen LogP contribution in [-0.2, 0) is 4.74 Å². The summed E-state index contributed by atoms with van der Waals surface area (Å²) in [5.74, 6) is -0.959. The molecule has 3 rings (SSSR count). The van der Waals surface area contributed by atoms with Gasteiger partial charge in [0.1, 0.15) is 0 Å². The fourth-order valence-electron chi connectivity index (χ4n) is 2.81. The number of ether oxygens (including phenoxy) is 1. The monoisotopic (exact) mass is 383 g/mol. The molecule has 1 aromatic carbocycles. The molecule has 0 N–H and O–H groups in total. The van der Waals surface area contributed by atoms with Crippen LogP contribution in [0.2, 0.25) is 5.02 Å². The molecule has 0 spiro atoms. The molecule has 0 saturated heterocycles. The van der Waals surface area contributed by atoms with E-state index in [1.165, 1.54) is 12.4 Å². The lowest BCUT2D eigenvalue weighted by molar-refractivity contribution is 0.0468. The molecule has 27 heavy (non-hydrogen) atoms. The van der Waals surface area contributed by atoms with Gasteiger partial charge in [0.2, 0.25) is 5.78 Å². The molecule has 2 aromatic heterocycles. The molecular formula is C20H18ClN3O3. The molecule has 0 unspecified atom stereocenters. The van der Waals surface area contributed by atoms with Crippen molar-refractivity contribution in [3.05, 3.63) is 76.1 Å². The maximum atomic E-state index is 12.6. The quantitative estimate of drug-likeness (QED) is 0.493. The van der Waals surface area contributed by atoms with Gasteiger partial charge in [-0.05, 0) is 51.1 Å². The Hall–Kier alpha value is -2.99. The number of aryl methyl sites for hydroxylation is 2. The Morgan fingerprint density at radius 3 is 2.41 bits per heavy atom. The fraction of sp³-hybridized carbons (Fsp3) is 0.200. The standard InChI is InChI=1S/C20H18ClN3O3/c1-12-9-23-18(10-22-12)20(26)27-11-19(25)17-8-13(2)24(14(17)3)16-6-4-15(21)5-7-16/h4-10H,11H2,1-3H3. The summed E-state index contributed by atoms with van der Waals surface area (Å²) in [6.07, 6.45) is 2.80. The molecule has 0 radical (unpaired) electrons. The third-order valence-electron chi connectivity index (χ3n) is 4.14. The van der Waals surface area contributed by atoms with Crippen LogP contribution in [-0.4, -0.2) is 32.9 Å². The highest BCUT2D eigenvalue weighted by molar-refractivity contribution is 6.30. The first-order chi connectivity index (χ1) is 12.9. The van der Waals surface area contributed by atoms with Crippen LogP contribution in [0.1, 0.15) is 37.9 Å². The largest absolute Gasteiger partial charge is 0.453 e. The van der Waals surface area contributed by atoms with Crippen molar-refractivity contribution in [2.24, 2.45) is 0 Å². The lowest BCUT2D eigenvalue weighted by Crippen LogP contribution is -2.16. The van der Waals surface area contributed by atoms with Crippen molar-refractivity contribution in [2.45, 2.75) is 20.8 Å². The van der Waals surface area contributed by atoms with E-state index in [4.69, 9.17) is 16.3 Å². The summed E-state index contributed by atoms with van der Waals surface area (Å²) in [6.45, 7) is 5.16. The number of hydrogen-bond donors (Lipinski definition) is 0. The van der Waals surface area contributed by atoms with Crippen LogP contribution >= 0.6 is 11.6 Å². The van der Waals surface area contributed by atoms with E-state index in [2.05, 4.69) is 9.97 Å². The number of ketones is 1. The highest BCUT2D eigenvalue weighted by atomic mass is 35.5. The van der Waals surface area contributed by atoms with Crippen molar-refractivity contribution in [1.82, 2.24) is 14.5 Å². The zero-order valence-electron chi connectivity index (χ0n) is 15.2. The van der Waals surface area contributed by atoms with Gasteiger partial charge in [-0.25, -0.2) is 9.78 Å². The first kappa shape index (κ1) is 18.8. The average molecular weight is 384 g/mol. The molecule has 0 fully saturated rings. The smallest absolute Gasteiger partial charge is 0.358 e. The van der Waals surface area contributed by atoms with Crippen LogP contribution in [0.3, 0.4) is 0 Å². The van der Waals surface area contributed by atoms with Crippen LogP contribution in [0.25, 0.3) is 5.69 Å². The van der Waals surface area contributed by atoms with Gasteiger partial charge in [-0.2, -0.15) is 0 Å². The maximum absolute atomic E-state index is 12.6. The van der Waals surface area contributed by atoms with Crippen molar-refractivity contribution in [3.63, 3.8) is 0 Å². The first-order valence-corrected chi connectivity index (χ1v) is 8.68. The van der Waals surface area contributed by atoms with Gasteiger partial charge in [0, 0.05) is 33.9 Å². The number of halogens is 1. The topological polar surface area (TPSA) is 74.1 Å². The number of esters is 1. The lowest BCUT2D eigenvalue weighted by Gasteiger charge is -2.10. The number of Topliss-reactive ketones (excluding diaryl/α,β-unsaturated/α-hetero) is 1. The van der Waals surface area contributed by atoms with Crippen molar-refractivity contribution < 1.29 is 14.3 Å². The van der Waals surface area contributed by atoms with E-state index in [-0.39, 0.29) is 18.1 Å². The molecule has 0 bridgehead atoms. The van der Waals surface area contributed by atoms with Gasteiger partial charge in [-0.15, -0.1) is 0 Å². The van der Waals surface area contributed by atoms with Gasteiger partial charge in [0.05, 0.1) is 11.9 Å². The molecule has 7 heteroatoms. The predicted molar refractivity (Wildman–Crippen MR) is 102 cm³/mol. The molecule has 0 aliphatic heterocycles. The summed E-state index contributed by atoms with van der Waals surface area (Å²) < 4.78 is 7.05. The van der Waals surface area contributed by atoms with E-state index in [0.29, 0.717) is 16.3 Å². The minimum atomic E-state index is -0.678. The number of nitrogens with zero attached hydrogens (tertiary/aromatic N) is 3. The van der Waals surface area contributed by atoms with Crippen LogP contribution in [0.5, 0.6) is 0 Å². The predicted octanol–water partition coefficient (Wildman–Crippen LogP) is 3.89. The molecule has 0 saturated carbocycles. The minimum absolute atomic E-state index is 0.0695. The minimum Gasteiger partial charge on any atom is -0.453 e. The molecule has 0 atom stereocenters. The van der Waals surface area contributed by atoms with Crippen LogP contribution in [0.15, 0.2) is 42.7 Å². The number of benzene rings is 1. The highest BCUT2D eigenvalue weighted by Gasteiger charge is 2.19. The Bertz CT molecular complexity index is 993. The van der Waals surface area contributed by atoms with Crippen molar-refractivity contribution in [3.8, 4) is 5.69 Å². The normalized spacial score (nSPS) is 10.7. The lowest BCUT2D eigenvalue weighted by atomic mass is 10.1. The second-order valence-electron chi connectivity index (χ2n) is 6.14. The van der Waals surface area contributed by atoms with Crippen LogP contribution in [0.4, 0.5) is 0 Å². The SMILES string of the molecule is Cc1cnc(C(=O)OCC(=O)c2cc(C)n(-c3ccc(Cl)cc3)c2C)cn1. The van der Waals surface area contributed by atoms with Gasteiger partial charge < -0.3 is 9.30 Å². The molecule has 138 valence electrons. The molecular weight excluding hydrogens is 366 g/mol. The number of aromatic nitrogens is 3. The third-order valence-corrected chi connectivity index (χ3v) is 4.39. The second-order valence-corrected chi connectivity index (χ2v) is 6.58. The van der Waals surface area contributed by atoms with Crippen LogP contribution < -0.4 is 0 Å². The van der Waals surface area contributed by atoms with E-state index >= 15 is 0 Å². The van der Waals surface area contributed by atoms with E-state index in [9.17, 15) is 9.59 Å². The molecule has 0 aliphatic carbocycles. The van der Waals surface area contributed by atoms with Crippen molar-refractivity contribution in [2.75, 3.05) is 6.61 Å². The van der Waals surface area contributed by atoms with E-state index < -0.39 is 5.97 Å². The maximum Gasteiger partial charge on any atom is 0.358 e. The Morgan fingerprint density at radius 1 is 1.07 bits per heavy atom. The second kappa shape index (κ2) is 7.72. The summed E-state index contributed by atoms with van der Waals surface area (Å²) in [7, 11) is 0. The summed E-state index contributed by atoms with van der Waals surface area (Å²) in [5, 5.41) is 0.642. The molecule has 2 heterocycles. The number of hydrogen-bond acceptors (Lipinski definition) is 5. The molecule has 0 amide bonds. The van der Waals surface area contributed by atoms with Crippen LogP contribution in [0, 0.1) is 20.8 Å². The Labute approximate surface area is 161 Å². The molecule has 6 nitrogen and oxygen atoms in total. The highest BCUT2D eigenvalue weighted by Crippen LogP contribution is 2.22. The third kappa shape index (κ3) is 4.06. The molecule has 0 aliphatic rings. The van der Waals surface area contributed by atoms with Crippen molar-refractivity contribution in [1.29, 1.82) is 0 Å².